The first-order chi connectivity index (χ1) is 17.9. The van der Waals surface area contributed by atoms with Gasteiger partial charge in [-0.25, -0.2) is 9.67 Å². The van der Waals surface area contributed by atoms with Gasteiger partial charge in [0.05, 0.1) is 37.1 Å². The van der Waals surface area contributed by atoms with Crippen molar-refractivity contribution in [1.82, 2.24) is 39.7 Å². The molecule has 194 valence electrons. The van der Waals surface area contributed by atoms with Gasteiger partial charge in [-0.15, -0.1) is 0 Å². The van der Waals surface area contributed by atoms with Crippen LogP contribution in [0.4, 0.5) is 11.6 Å². The van der Waals surface area contributed by atoms with Gasteiger partial charge in [0.25, 0.3) is 5.91 Å². The largest absolute Gasteiger partial charge is 0.391 e. The first kappa shape index (κ1) is 24.8. The first-order valence-corrected chi connectivity index (χ1v) is 12.3. The third kappa shape index (κ3) is 5.61. The number of hydrogen-bond acceptors (Lipinski definition) is 9. The Labute approximate surface area is 214 Å². The number of aliphatic hydroxyl groups excluding tert-OH is 1. The van der Waals surface area contributed by atoms with Gasteiger partial charge in [0.2, 0.25) is 5.95 Å². The van der Waals surface area contributed by atoms with Gasteiger partial charge in [0.15, 0.2) is 11.5 Å². The van der Waals surface area contributed by atoms with E-state index < -0.39 is 6.10 Å². The van der Waals surface area contributed by atoms with E-state index in [1.54, 1.807) is 28.6 Å². The summed E-state index contributed by atoms with van der Waals surface area (Å²) in [5.41, 5.74) is 3.76. The number of nitrogens with zero attached hydrogens (tertiary/aromatic N) is 7. The fourth-order valence-corrected chi connectivity index (χ4v) is 4.26. The Kier molecular flexibility index (Phi) is 7.12. The van der Waals surface area contributed by atoms with E-state index in [2.05, 4.69) is 35.7 Å². The van der Waals surface area contributed by atoms with Crippen LogP contribution in [-0.4, -0.2) is 84.9 Å². The quantitative estimate of drug-likeness (QED) is 0.371. The number of fused-ring (bicyclic) bond motifs is 6. The number of aryl methyl sites for hydroxylation is 1. The number of amides is 1. The van der Waals surface area contributed by atoms with Gasteiger partial charge >= 0.3 is 0 Å². The lowest BCUT2D eigenvalue weighted by atomic mass is 10.1. The number of hydrogen-bond donors (Lipinski definition) is 3. The van der Waals surface area contributed by atoms with E-state index in [4.69, 9.17) is 4.74 Å². The topological polar surface area (TPSA) is 135 Å². The molecule has 3 N–H and O–H groups in total. The summed E-state index contributed by atoms with van der Waals surface area (Å²) >= 11 is 0. The molecule has 12 heteroatoms. The van der Waals surface area contributed by atoms with Crippen LogP contribution in [0.15, 0.2) is 36.7 Å². The summed E-state index contributed by atoms with van der Waals surface area (Å²) in [6, 6.07) is 7.37. The Morgan fingerprint density at radius 3 is 2.92 bits per heavy atom. The van der Waals surface area contributed by atoms with Crippen molar-refractivity contribution in [3.05, 3.63) is 53.6 Å². The van der Waals surface area contributed by atoms with Crippen LogP contribution in [0.1, 0.15) is 28.7 Å². The number of carbonyl (C=O) groups is 1. The Hall–Kier alpha value is -3.87. The molecular formula is C25H31N9O3. The maximum Gasteiger partial charge on any atom is 0.272 e. The summed E-state index contributed by atoms with van der Waals surface area (Å²) in [4.78, 5) is 24.2. The number of nitrogens with one attached hydrogen (secondary N) is 2. The molecule has 1 aliphatic rings. The average molecular weight is 506 g/mol. The van der Waals surface area contributed by atoms with Gasteiger partial charge in [0.1, 0.15) is 0 Å². The lowest BCUT2D eigenvalue weighted by molar-refractivity contribution is 0.0884. The number of anilines is 2. The van der Waals surface area contributed by atoms with Gasteiger partial charge in [-0.3, -0.25) is 14.4 Å². The predicted molar refractivity (Wildman–Crippen MR) is 138 cm³/mol. The van der Waals surface area contributed by atoms with Gasteiger partial charge in [0, 0.05) is 54.7 Å². The molecule has 0 radical (unpaired) electrons. The zero-order valence-electron chi connectivity index (χ0n) is 21.2. The molecule has 1 aliphatic heterocycles. The third-order valence-electron chi connectivity index (χ3n) is 6.12. The molecular weight excluding hydrogens is 474 g/mol. The number of carbonyl (C=O) groups excluding carboxylic acids is 1. The van der Waals surface area contributed by atoms with Crippen molar-refractivity contribution in [2.24, 2.45) is 0 Å². The van der Waals surface area contributed by atoms with Crippen molar-refractivity contribution < 1.29 is 14.6 Å². The molecule has 1 aromatic carbocycles. The molecule has 0 unspecified atom stereocenters. The van der Waals surface area contributed by atoms with Crippen LogP contribution < -0.4 is 10.6 Å². The number of ether oxygens (including phenoxy) is 1. The van der Waals surface area contributed by atoms with Crippen LogP contribution in [0, 0.1) is 6.92 Å². The second-order valence-corrected chi connectivity index (χ2v) is 9.27. The van der Waals surface area contributed by atoms with E-state index in [-0.39, 0.29) is 18.1 Å². The highest BCUT2D eigenvalue weighted by Crippen LogP contribution is 2.25. The summed E-state index contributed by atoms with van der Waals surface area (Å²) in [6.45, 7) is 6.68. The van der Waals surface area contributed by atoms with Gasteiger partial charge in [-0.1, -0.05) is 0 Å². The van der Waals surface area contributed by atoms with E-state index in [0.29, 0.717) is 42.6 Å². The molecule has 0 aliphatic carbocycles. The molecule has 4 heterocycles. The standard InChI is InChI=1S/C25H31N9O3/c1-16(35)13-33-21-5-4-19-12-20(21)23(31-33)24(36)26-8-10-37-11-9-32(3)14-18-15-34(30-17(18)2)22-6-7-27-25(28-19)29-22/h4-7,12,15-16,35H,8-11,13-14H2,1-3H3,(H,26,36)(H,27,28,29)/t16-/m0/s1. The molecule has 4 aromatic rings. The number of rotatable bonds is 2. The summed E-state index contributed by atoms with van der Waals surface area (Å²) in [5.74, 6) is 0.736. The Morgan fingerprint density at radius 2 is 2.08 bits per heavy atom. The summed E-state index contributed by atoms with van der Waals surface area (Å²) in [5, 5.41) is 25.9. The summed E-state index contributed by atoms with van der Waals surface area (Å²) in [6.07, 6.45) is 3.05. The molecule has 5 rings (SSSR count). The second kappa shape index (κ2) is 10.6. The van der Waals surface area contributed by atoms with Crippen LogP contribution in [0.5, 0.6) is 0 Å². The van der Waals surface area contributed by atoms with Gasteiger partial charge < -0.3 is 20.5 Å². The highest BCUT2D eigenvalue weighted by Gasteiger charge is 2.19. The van der Waals surface area contributed by atoms with Crippen molar-refractivity contribution >= 4 is 28.4 Å². The Balaban J connectivity index is 1.53. The van der Waals surface area contributed by atoms with Crippen molar-refractivity contribution in [2.45, 2.75) is 33.0 Å². The van der Waals surface area contributed by atoms with Crippen LogP contribution in [0.2, 0.25) is 0 Å². The number of benzene rings is 1. The zero-order valence-corrected chi connectivity index (χ0v) is 21.2. The molecule has 6 bridgehead atoms. The normalized spacial score (nSPS) is 16.4. The van der Waals surface area contributed by atoms with Crippen LogP contribution in [0.25, 0.3) is 16.7 Å². The van der Waals surface area contributed by atoms with Crippen molar-refractivity contribution in [3.63, 3.8) is 0 Å². The number of aromatic nitrogens is 6. The Bertz CT molecular complexity index is 1410. The minimum absolute atomic E-state index is 0.267. The van der Waals surface area contributed by atoms with Crippen molar-refractivity contribution in [2.75, 3.05) is 38.7 Å². The molecule has 0 fully saturated rings. The molecule has 0 saturated carbocycles. The molecule has 3 aromatic heterocycles. The Morgan fingerprint density at radius 1 is 1.22 bits per heavy atom. The zero-order chi connectivity index (χ0) is 25.9. The van der Waals surface area contributed by atoms with E-state index >= 15 is 0 Å². The van der Waals surface area contributed by atoms with Crippen LogP contribution in [-0.2, 0) is 17.8 Å². The summed E-state index contributed by atoms with van der Waals surface area (Å²) < 4.78 is 9.15. The maximum atomic E-state index is 13.0. The minimum Gasteiger partial charge on any atom is -0.391 e. The second-order valence-electron chi connectivity index (χ2n) is 9.27. The number of aliphatic hydroxyl groups is 1. The lowest BCUT2D eigenvalue weighted by Crippen LogP contribution is -2.29. The fourth-order valence-electron chi connectivity index (χ4n) is 4.26. The van der Waals surface area contributed by atoms with Crippen molar-refractivity contribution in [1.29, 1.82) is 0 Å². The van der Waals surface area contributed by atoms with Gasteiger partial charge in [-0.05, 0) is 39.1 Å². The van der Waals surface area contributed by atoms with Gasteiger partial charge in [-0.2, -0.15) is 15.2 Å². The SMILES string of the molecule is Cc1nn2cc1CN(C)CCOCCNC(=O)c1nn(C[C@H](C)O)c3ccc(cc13)Nc1nccc-2n1. The first-order valence-electron chi connectivity index (χ1n) is 12.3. The van der Waals surface area contributed by atoms with E-state index in [0.717, 1.165) is 29.9 Å². The third-order valence-corrected chi connectivity index (χ3v) is 6.12. The smallest absolute Gasteiger partial charge is 0.272 e. The maximum absolute atomic E-state index is 13.0. The molecule has 0 saturated heterocycles. The number of likely N-dealkylation sites (N-methyl/N-ethyl adjacent to an activating group) is 1. The highest BCUT2D eigenvalue weighted by molar-refractivity contribution is 6.05. The van der Waals surface area contributed by atoms with Crippen LogP contribution in [0.3, 0.4) is 0 Å². The molecule has 1 amide bonds. The van der Waals surface area contributed by atoms with E-state index in [1.165, 1.54) is 0 Å². The van der Waals surface area contributed by atoms with Crippen LogP contribution >= 0.6 is 0 Å². The molecule has 37 heavy (non-hydrogen) atoms. The lowest BCUT2D eigenvalue weighted by Gasteiger charge is -2.16. The average Bonchev–Trinajstić information content (AvgIpc) is 3.40. The minimum atomic E-state index is -0.617. The molecule has 12 nitrogen and oxygen atoms in total. The molecule has 1 atom stereocenters. The van der Waals surface area contributed by atoms with Crippen molar-refractivity contribution in [3.8, 4) is 5.82 Å². The van der Waals surface area contributed by atoms with E-state index in [1.807, 2.05) is 38.4 Å². The fraction of sp³-hybridized carbons (Fsp3) is 0.400. The highest BCUT2D eigenvalue weighted by atomic mass is 16.5. The summed E-state index contributed by atoms with van der Waals surface area (Å²) in [7, 11) is 2.03. The van der Waals surface area contributed by atoms with E-state index in [9.17, 15) is 9.90 Å². The monoisotopic (exact) mass is 505 g/mol. The molecule has 0 spiro atoms. The predicted octanol–water partition coefficient (Wildman–Crippen LogP) is 1.64.